The second-order valence-corrected chi connectivity index (χ2v) is 6.32. The summed E-state index contributed by atoms with van der Waals surface area (Å²) in [7, 11) is 0. The van der Waals surface area contributed by atoms with Crippen LogP contribution < -0.4 is 14.5 Å². The lowest BCUT2D eigenvalue weighted by molar-refractivity contribution is -1.01. The van der Waals surface area contributed by atoms with Gasteiger partial charge >= 0.3 is 0 Å². The van der Waals surface area contributed by atoms with Crippen molar-refractivity contribution in [1.82, 2.24) is 0 Å². The van der Waals surface area contributed by atoms with Crippen molar-refractivity contribution in [2.24, 2.45) is 0 Å². The molecule has 0 atom stereocenters. The van der Waals surface area contributed by atoms with Crippen molar-refractivity contribution >= 4 is 11.6 Å². The Morgan fingerprint density at radius 2 is 1.81 bits per heavy atom. The van der Waals surface area contributed by atoms with Gasteiger partial charge in [-0.1, -0.05) is 18.5 Å². The average Bonchev–Trinajstić information content (AvgIpc) is 2.53. The summed E-state index contributed by atoms with van der Waals surface area (Å²) in [6, 6.07) is 5.98. The molecule has 0 radical (unpaired) electrons. The van der Waals surface area contributed by atoms with Crippen LogP contribution in [0.2, 0.25) is 5.02 Å². The normalized spacial score (nSPS) is 22.2. The van der Waals surface area contributed by atoms with E-state index < -0.39 is 0 Å². The molecule has 0 saturated carbocycles. The van der Waals surface area contributed by atoms with E-state index in [1.54, 1.807) is 9.80 Å². The van der Waals surface area contributed by atoms with Gasteiger partial charge < -0.3 is 14.5 Å². The first-order valence-corrected chi connectivity index (χ1v) is 8.69. The van der Waals surface area contributed by atoms with Crippen molar-refractivity contribution in [3.63, 3.8) is 0 Å². The average molecular weight is 313 g/mol. The number of rotatable bonds is 7. The van der Waals surface area contributed by atoms with Crippen LogP contribution in [0.5, 0.6) is 5.75 Å². The van der Waals surface area contributed by atoms with E-state index in [0.29, 0.717) is 0 Å². The second-order valence-electron chi connectivity index (χ2n) is 5.91. The summed E-state index contributed by atoms with van der Waals surface area (Å²) in [6.45, 7) is 13.0. The molecule has 4 heteroatoms. The van der Waals surface area contributed by atoms with Crippen LogP contribution in [0.15, 0.2) is 18.2 Å². The van der Waals surface area contributed by atoms with Crippen LogP contribution in [0.4, 0.5) is 0 Å². The summed E-state index contributed by atoms with van der Waals surface area (Å²) in [5.41, 5.74) is 1.17. The minimum atomic E-state index is 0.804. The van der Waals surface area contributed by atoms with Gasteiger partial charge in [0.25, 0.3) is 0 Å². The maximum Gasteiger partial charge on any atom is 0.127 e. The Morgan fingerprint density at radius 3 is 2.48 bits per heavy atom. The number of nitrogens with one attached hydrogen (secondary N) is 2. The third-order valence-corrected chi connectivity index (χ3v) is 4.87. The van der Waals surface area contributed by atoms with E-state index in [-0.39, 0.29) is 0 Å². The molecular weight excluding hydrogens is 284 g/mol. The number of quaternary nitrogens is 2. The lowest BCUT2D eigenvalue weighted by Crippen LogP contribution is -3.28. The zero-order valence-electron chi connectivity index (χ0n) is 13.4. The van der Waals surface area contributed by atoms with Gasteiger partial charge in [0.2, 0.25) is 0 Å². The number of aryl methyl sites for hydroxylation is 1. The highest BCUT2D eigenvalue weighted by Crippen LogP contribution is 2.22. The summed E-state index contributed by atoms with van der Waals surface area (Å²) in [4.78, 5) is 3.49. The fourth-order valence-electron chi connectivity index (χ4n) is 2.98. The van der Waals surface area contributed by atoms with E-state index in [1.807, 2.05) is 12.1 Å². The van der Waals surface area contributed by atoms with Crippen LogP contribution in [-0.4, -0.2) is 45.9 Å². The van der Waals surface area contributed by atoms with E-state index in [0.717, 1.165) is 30.2 Å². The highest BCUT2D eigenvalue weighted by atomic mass is 35.5. The zero-order valence-corrected chi connectivity index (χ0v) is 14.1. The summed E-state index contributed by atoms with van der Waals surface area (Å²) in [5.74, 6) is 0.950. The lowest BCUT2D eigenvalue weighted by atomic mass is 10.1. The van der Waals surface area contributed by atoms with Crippen LogP contribution >= 0.6 is 11.6 Å². The van der Waals surface area contributed by atoms with Crippen molar-refractivity contribution in [3.8, 4) is 5.75 Å². The highest BCUT2D eigenvalue weighted by Gasteiger charge is 2.20. The number of hydrogen-bond acceptors (Lipinski definition) is 1. The molecule has 1 aliphatic heterocycles. The molecule has 21 heavy (non-hydrogen) atoms. The van der Waals surface area contributed by atoms with Gasteiger partial charge in [0.15, 0.2) is 0 Å². The van der Waals surface area contributed by atoms with Gasteiger partial charge in [0.1, 0.15) is 31.9 Å². The standard InChI is InChI=1S/C17H27ClN2O/c1-3-15-14-16(6-7-17(15)18)21-13-5-8-20-11-9-19(4-2)10-12-20/h6-7,14H,3-5,8-13H2,1-2H3/p+2. The number of likely N-dealkylation sites (N-methyl/N-ethyl adjacent to an activating group) is 1. The largest absolute Gasteiger partial charge is 0.493 e. The summed E-state index contributed by atoms with van der Waals surface area (Å²) in [5, 5.41) is 0.839. The quantitative estimate of drug-likeness (QED) is 0.701. The maximum atomic E-state index is 6.12. The van der Waals surface area contributed by atoms with Crippen LogP contribution in [0.1, 0.15) is 25.8 Å². The Hall–Kier alpha value is -0.770. The van der Waals surface area contributed by atoms with Crippen molar-refractivity contribution in [2.45, 2.75) is 26.7 Å². The predicted molar refractivity (Wildman–Crippen MR) is 87.7 cm³/mol. The smallest absolute Gasteiger partial charge is 0.127 e. The number of piperazine rings is 1. The van der Waals surface area contributed by atoms with Gasteiger partial charge in [0, 0.05) is 11.4 Å². The van der Waals surface area contributed by atoms with Gasteiger partial charge in [-0.15, -0.1) is 0 Å². The Morgan fingerprint density at radius 1 is 1.10 bits per heavy atom. The van der Waals surface area contributed by atoms with Gasteiger partial charge in [-0.05, 0) is 37.1 Å². The molecule has 0 spiro atoms. The van der Waals surface area contributed by atoms with Gasteiger partial charge in [-0.25, -0.2) is 0 Å². The third kappa shape index (κ3) is 5.17. The van der Waals surface area contributed by atoms with Crippen molar-refractivity contribution < 1.29 is 14.5 Å². The molecule has 118 valence electrons. The molecule has 1 saturated heterocycles. The number of hydrogen-bond donors (Lipinski definition) is 2. The molecule has 1 heterocycles. The molecule has 3 nitrogen and oxygen atoms in total. The summed E-state index contributed by atoms with van der Waals surface area (Å²) >= 11 is 6.12. The van der Waals surface area contributed by atoms with Crippen molar-refractivity contribution in [2.75, 3.05) is 45.9 Å². The lowest BCUT2D eigenvalue weighted by Gasteiger charge is -2.28. The van der Waals surface area contributed by atoms with Crippen LogP contribution in [0.25, 0.3) is 0 Å². The molecule has 0 aliphatic carbocycles. The fraction of sp³-hybridized carbons (Fsp3) is 0.647. The Balaban J connectivity index is 1.66. The Kier molecular flexibility index (Phi) is 6.81. The van der Waals surface area contributed by atoms with Crippen LogP contribution in [0.3, 0.4) is 0 Å². The minimum absolute atomic E-state index is 0.804. The molecular formula is C17H29ClN2O+2. The first kappa shape index (κ1) is 16.6. The Labute approximate surface area is 133 Å². The molecule has 0 unspecified atom stereocenters. The number of halogens is 1. The van der Waals surface area contributed by atoms with Crippen molar-refractivity contribution in [1.29, 1.82) is 0 Å². The molecule has 2 rings (SSSR count). The van der Waals surface area contributed by atoms with E-state index in [1.165, 1.54) is 44.8 Å². The minimum Gasteiger partial charge on any atom is -0.493 e. The molecule has 1 fully saturated rings. The van der Waals surface area contributed by atoms with Crippen LogP contribution in [-0.2, 0) is 6.42 Å². The summed E-state index contributed by atoms with van der Waals surface area (Å²) < 4.78 is 5.86. The molecule has 1 aromatic rings. The maximum absolute atomic E-state index is 6.12. The molecule has 0 aromatic heterocycles. The number of benzene rings is 1. The van der Waals surface area contributed by atoms with Gasteiger partial charge in [-0.2, -0.15) is 0 Å². The van der Waals surface area contributed by atoms with E-state index in [9.17, 15) is 0 Å². The summed E-state index contributed by atoms with van der Waals surface area (Å²) in [6.07, 6.45) is 2.07. The predicted octanol–water partition coefficient (Wildman–Crippen LogP) is 0.475. The first-order chi connectivity index (χ1) is 10.2. The molecule has 2 N–H and O–H groups in total. The zero-order chi connectivity index (χ0) is 15.1. The highest BCUT2D eigenvalue weighted by molar-refractivity contribution is 6.31. The van der Waals surface area contributed by atoms with Crippen molar-refractivity contribution in [3.05, 3.63) is 28.8 Å². The van der Waals surface area contributed by atoms with E-state index in [2.05, 4.69) is 19.9 Å². The third-order valence-electron chi connectivity index (χ3n) is 4.51. The topological polar surface area (TPSA) is 18.1 Å². The van der Waals surface area contributed by atoms with Gasteiger partial charge in [-0.3, -0.25) is 0 Å². The first-order valence-electron chi connectivity index (χ1n) is 8.31. The fourth-order valence-corrected chi connectivity index (χ4v) is 3.24. The molecule has 0 amide bonds. The van der Waals surface area contributed by atoms with E-state index >= 15 is 0 Å². The van der Waals surface area contributed by atoms with Crippen LogP contribution in [0, 0.1) is 0 Å². The molecule has 0 bridgehead atoms. The number of ether oxygens (including phenoxy) is 1. The Bertz CT molecular complexity index is 431. The molecule has 1 aliphatic rings. The SMILES string of the molecule is CCc1cc(OCCC[NH+]2CC[NH+](CC)CC2)ccc1Cl. The molecule has 1 aromatic carbocycles. The monoisotopic (exact) mass is 312 g/mol. The van der Waals surface area contributed by atoms with Gasteiger partial charge in [0.05, 0.1) is 19.7 Å². The second kappa shape index (κ2) is 8.62. The van der Waals surface area contributed by atoms with E-state index in [4.69, 9.17) is 16.3 Å².